The minimum absolute atomic E-state index is 0.0740. The third kappa shape index (κ3) is 7.44. The lowest BCUT2D eigenvalue weighted by Crippen LogP contribution is -2.52. The molecule has 3 rings (SSSR count). The zero-order valence-corrected chi connectivity index (χ0v) is 21.3. The third-order valence-corrected chi connectivity index (χ3v) is 5.96. The number of hydrogen-bond donors (Lipinski definition) is 1. The van der Waals surface area contributed by atoms with Crippen molar-refractivity contribution in [2.45, 2.75) is 58.2 Å². The summed E-state index contributed by atoms with van der Waals surface area (Å²) in [6.07, 6.45) is 0.261. The highest BCUT2D eigenvalue weighted by molar-refractivity contribution is 5.88. The van der Waals surface area contributed by atoms with Gasteiger partial charge in [0.1, 0.15) is 11.8 Å². The number of methoxy groups -OCH3 is 1. The van der Waals surface area contributed by atoms with E-state index in [1.54, 1.807) is 18.9 Å². The lowest BCUT2D eigenvalue weighted by molar-refractivity contribution is -0.141. The Morgan fingerprint density at radius 2 is 1.37 bits per heavy atom. The van der Waals surface area contributed by atoms with Crippen LogP contribution in [0.25, 0.3) is 0 Å². The zero-order valence-electron chi connectivity index (χ0n) is 21.3. The first-order valence-electron chi connectivity index (χ1n) is 12.0. The second kappa shape index (κ2) is 11.7. The third-order valence-electron chi connectivity index (χ3n) is 5.96. The zero-order chi connectivity index (χ0) is 25.4. The molecular formula is C30H36N2O3. The number of hydrogen-bond acceptors (Lipinski definition) is 3. The molecule has 35 heavy (non-hydrogen) atoms. The van der Waals surface area contributed by atoms with E-state index in [9.17, 15) is 9.59 Å². The fourth-order valence-electron chi connectivity index (χ4n) is 4.08. The van der Waals surface area contributed by atoms with Crippen LogP contribution < -0.4 is 10.1 Å². The molecule has 0 saturated heterocycles. The Labute approximate surface area is 209 Å². The van der Waals surface area contributed by atoms with Gasteiger partial charge in [-0.1, -0.05) is 72.8 Å². The standard InChI is InChI=1S/C30H36N2O3/c1-22(29(34)31-30(2,3)4)32(21-23-16-18-26(35-5)19-17-23)28(33)20-27(24-12-8-6-9-13-24)25-14-10-7-11-15-25/h6-19,22,27H,20-21H2,1-5H3,(H,31,34)/t22-/m0/s1. The quantitative estimate of drug-likeness (QED) is 0.444. The molecular weight excluding hydrogens is 436 g/mol. The maximum absolute atomic E-state index is 13.9. The molecule has 0 aliphatic carbocycles. The summed E-state index contributed by atoms with van der Waals surface area (Å²) >= 11 is 0. The van der Waals surface area contributed by atoms with Crippen LogP contribution >= 0.6 is 0 Å². The molecule has 0 spiro atoms. The van der Waals surface area contributed by atoms with Gasteiger partial charge in [0.05, 0.1) is 7.11 Å². The van der Waals surface area contributed by atoms with Crippen molar-refractivity contribution in [1.29, 1.82) is 0 Å². The number of rotatable bonds is 9. The van der Waals surface area contributed by atoms with Crippen LogP contribution in [0.4, 0.5) is 0 Å². The lowest BCUT2D eigenvalue weighted by Gasteiger charge is -2.32. The molecule has 0 aromatic heterocycles. The normalized spacial score (nSPS) is 12.2. The number of carbonyl (C=O) groups excluding carboxylic acids is 2. The average Bonchev–Trinajstić information content (AvgIpc) is 2.85. The molecule has 0 fully saturated rings. The van der Waals surface area contributed by atoms with Gasteiger partial charge in [0.2, 0.25) is 11.8 Å². The van der Waals surface area contributed by atoms with Crippen molar-refractivity contribution < 1.29 is 14.3 Å². The van der Waals surface area contributed by atoms with Crippen LogP contribution in [-0.2, 0) is 16.1 Å². The van der Waals surface area contributed by atoms with Gasteiger partial charge < -0.3 is 15.0 Å². The van der Waals surface area contributed by atoms with Gasteiger partial charge in [0.25, 0.3) is 0 Å². The van der Waals surface area contributed by atoms with Crippen molar-refractivity contribution in [3.05, 3.63) is 102 Å². The molecule has 184 valence electrons. The number of nitrogens with zero attached hydrogens (tertiary/aromatic N) is 1. The van der Waals surface area contributed by atoms with Crippen molar-refractivity contribution in [2.24, 2.45) is 0 Å². The Kier molecular flexibility index (Phi) is 8.69. The van der Waals surface area contributed by atoms with Gasteiger partial charge in [0.15, 0.2) is 0 Å². The molecule has 0 saturated carbocycles. The van der Waals surface area contributed by atoms with Crippen LogP contribution in [0.5, 0.6) is 5.75 Å². The van der Waals surface area contributed by atoms with E-state index in [2.05, 4.69) is 29.6 Å². The minimum atomic E-state index is -0.629. The molecule has 3 aromatic rings. The smallest absolute Gasteiger partial charge is 0.242 e. The minimum Gasteiger partial charge on any atom is -0.497 e. The van der Waals surface area contributed by atoms with E-state index in [1.807, 2.05) is 81.4 Å². The Morgan fingerprint density at radius 1 is 0.857 bits per heavy atom. The number of ether oxygens (including phenoxy) is 1. The van der Waals surface area contributed by atoms with Crippen LogP contribution in [0, 0.1) is 0 Å². The Morgan fingerprint density at radius 3 is 1.83 bits per heavy atom. The molecule has 5 heteroatoms. The fourth-order valence-corrected chi connectivity index (χ4v) is 4.08. The Hall–Kier alpha value is -3.60. The van der Waals surface area contributed by atoms with E-state index >= 15 is 0 Å². The van der Waals surface area contributed by atoms with Crippen molar-refractivity contribution >= 4 is 11.8 Å². The first kappa shape index (κ1) is 26.0. The number of carbonyl (C=O) groups is 2. The van der Waals surface area contributed by atoms with Crippen molar-refractivity contribution in [3.8, 4) is 5.75 Å². The molecule has 0 aliphatic rings. The molecule has 1 atom stereocenters. The summed E-state index contributed by atoms with van der Waals surface area (Å²) in [6.45, 7) is 7.94. The number of benzene rings is 3. The molecule has 1 N–H and O–H groups in total. The van der Waals surface area contributed by atoms with Crippen LogP contribution in [-0.4, -0.2) is 35.4 Å². The molecule has 0 bridgehead atoms. The van der Waals surface area contributed by atoms with Gasteiger partial charge in [0, 0.05) is 24.4 Å². The SMILES string of the molecule is COc1ccc(CN(C(=O)CC(c2ccccc2)c2ccccc2)[C@@H](C)C(=O)NC(C)(C)C)cc1. The second-order valence-electron chi connectivity index (χ2n) is 9.86. The van der Waals surface area contributed by atoms with E-state index in [4.69, 9.17) is 4.74 Å². The van der Waals surface area contributed by atoms with Crippen LogP contribution in [0.3, 0.4) is 0 Å². The van der Waals surface area contributed by atoms with Gasteiger partial charge in [-0.3, -0.25) is 9.59 Å². The van der Waals surface area contributed by atoms with E-state index in [1.165, 1.54) is 0 Å². The maximum Gasteiger partial charge on any atom is 0.242 e. The largest absolute Gasteiger partial charge is 0.497 e. The summed E-state index contributed by atoms with van der Waals surface area (Å²) in [4.78, 5) is 28.6. The summed E-state index contributed by atoms with van der Waals surface area (Å²) < 4.78 is 5.27. The van der Waals surface area contributed by atoms with Crippen LogP contribution in [0.15, 0.2) is 84.9 Å². The predicted molar refractivity (Wildman–Crippen MR) is 140 cm³/mol. The summed E-state index contributed by atoms with van der Waals surface area (Å²) in [5, 5.41) is 3.02. The van der Waals surface area contributed by atoms with Crippen molar-refractivity contribution in [1.82, 2.24) is 10.2 Å². The first-order chi connectivity index (χ1) is 16.7. The number of amides is 2. The lowest BCUT2D eigenvalue weighted by atomic mass is 9.88. The van der Waals surface area contributed by atoms with Crippen LogP contribution in [0.1, 0.15) is 56.7 Å². The van der Waals surface area contributed by atoms with Gasteiger partial charge in [-0.15, -0.1) is 0 Å². The monoisotopic (exact) mass is 472 g/mol. The van der Waals surface area contributed by atoms with E-state index < -0.39 is 11.6 Å². The second-order valence-corrected chi connectivity index (χ2v) is 9.86. The highest BCUT2D eigenvalue weighted by atomic mass is 16.5. The molecule has 0 radical (unpaired) electrons. The molecule has 0 aliphatic heterocycles. The molecule has 0 unspecified atom stereocenters. The summed E-state index contributed by atoms with van der Waals surface area (Å²) in [5.41, 5.74) is 2.69. The number of nitrogens with one attached hydrogen (secondary N) is 1. The molecule has 0 heterocycles. The van der Waals surface area contributed by atoms with Gasteiger partial charge in [-0.25, -0.2) is 0 Å². The summed E-state index contributed by atoms with van der Waals surface area (Å²) in [6, 6.07) is 27.1. The van der Waals surface area contributed by atoms with Gasteiger partial charge in [-0.05, 0) is 56.5 Å². The fraction of sp³-hybridized carbons (Fsp3) is 0.333. The van der Waals surface area contributed by atoms with Crippen LogP contribution in [0.2, 0.25) is 0 Å². The van der Waals surface area contributed by atoms with Crippen molar-refractivity contribution in [3.63, 3.8) is 0 Å². The van der Waals surface area contributed by atoms with E-state index in [-0.39, 0.29) is 24.2 Å². The van der Waals surface area contributed by atoms with E-state index in [0.717, 1.165) is 22.4 Å². The van der Waals surface area contributed by atoms with E-state index in [0.29, 0.717) is 6.54 Å². The topological polar surface area (TPSA) is 58.6 Å². The Bertz CT molecular complexity index is 1050. The first-order valence-corrected chi connectivity index (χ1v) is 12.0. The molecule has 2 amide bonds. The molecule has 5 nitrogen and oxygen atoms in total. The average molecular weight is 473 g/mol. The van der Waals surface area contributed by atoms with Gasteiger partial charge in [-0.2, -0.15) is 0 Å². The summed E-state index contributed by atoms with van der Waals surface area (Å²) in [7, 11) is 1.62. The highest BCUT2D eigenvalue weighted by Crippen LogP contribution is 2.29. The predicted octanol–water partition coefficient (Wildman–Crippen LogP) is 5.55. The highest BCUT2D eigenvalue weighted by Gasteiger charge is 2.30. The van der Waals surface area contributed by atoms with Crippen molar-refractivity contribution in [2.75, 3.05) is 7.11 Å². The molecule has 3 aromatic carbocycles. The maximum atomic E-state index is 13.9. The van der Waals surface area contributed by atoms with Gasteiger partial charge >= 0.3 is 0 Å². The summed E-state index contributed by atoms with van der Waals surface area (Å²) in [5.74, 6) is 0.393. The Balaban J connectivity index is 1.92.